The second-order valence-corrected chi connectivity index (χ2v) is 7.81. The van der Waals surface area contributed by atoms with Crippen LogP contribution in [0, 0.1) is 0 Å². The molecule has 0 bridgehead atoms. The third-order valence-corrected chi connectivity index (χ3v) is 5.69. The van der Waals surface area contributed by atoms with Crippen LogP contribution in [0.15, 0.2) is 47.2 Å². The quantitative estimate of drug-likeness (QED) is 0.720. The van der Waals surface area contributed by atoms with Gasteiger partial charge in [-0.15, -0.1) is 0 Å². The van der Waals surface area contributed by atoms with Gasteiger partial charge in [0.05, 0.1) is 11.8 Å². The van der Waals surface area contributed by atoms with Crippen molar-refractivity contribution in [2.75, 3.05) is 0 Å². The van der Waals surface area contributed by atoms with Gasteiger partial charge in [0.2, 0.25) is 5.76 Å². The average molecular weight is 377 g/mol. The summed E-state index contributed by atoms with van der Waals surface area (Å²) >= 11 is 0. The van der Waals surface area contributed by atoms with Crippen molar-refractivity contribution in [1.29, 1.82) is 0 Å². The summed E-state index contributed by atoms with van der Waals surface area (Å²) in [6, 6.07) is 9.98. The molecule has 2 aliphatic carbocycles. The Morgan fingerprint density at radius 3 is 2.79 bits per heavy atom. The molecule has 6 heteroatoms. The number of nitrogens with zero attached hydrogens (tertiary/aromatic N) is 2. The van der Waals surface area contributed by atoms with Gasteiger partial charge < -0.3 is 14.6 Å². The van der Waals surface area contributed by atoms with Crippen molar-refractivity contribution in [2.24, 2.45) is 0 Å². The van der Waals surface area contributed by atoms with E-state index in [-0.39, 0.29) is 18.1 Å². The van der Waals surface area contributed by atoms with Crippen LogP contribution in [-0.4, -0.2) is 28.2 Å². The second-order valence-electron chi connectivity index (χ2n) is 7.81. The molecule has 0 atom stereocenters. The minimum absolute atomic E-state index is 0.151. The summed E-state index contributed by atoms with van der Waals surface area (Å²) < 4.78 is 11.5. The van der Waals surface area contributed by atoms with Gasteiger partial charge in [0.15, 0.2) is 0 Å². The molecule has 2 saturated carbocycles. The number of amides is 1. The Balaban J connectivity index is 1.16. The zero-order valence-electron chi connectivity index (χ0n) is 15.6. The first-order valence-electron chi connectivity index (χ1n) is 10.0. The minimum atomic E-state index is -0.162. The molecule has 0 unspecified atom stereocenters. The number of hydrogen-bond donors (Lipinski definition) is 1. The maximum Gasteiger partial charge on any atom is 0.290 e. The molecule has 0 saturated heterocycles. The Hall–Kier alpha value is -2.89. The van der Waals surface area contributed by atoms with Gasteiger partial charge in [0.1, 0.15) is 5.75 Å². The fourth-order valence-electron chi connectivity index (χ4n) is 3.92. The maximum absolute atomic E-state index is 12.4. The highest BCUT2D eigenvalue weighted by Crippen LogP contribution is 2.39. The SMILES string of the molecule is O=C(NC1CCC(Oc2cccc3cnccc23)CC1)c1cc(C2CC2)no1. The first-order valence-corrected chi connectivity index (χ1v) is 10.0. The molecule has 28 heavy (non-hydrogen) atoms. The average Bonchev–Trinajstić information content (AvgIpc) is 3.46. The molecule has 0 spiro atoms. The lowest BCUT2D eigenvalue weighted by atomic mass is 9.92. The van der Waals surface area contributed by atoms with E-state index >= 15 is 0 Å². The molecule has 144 valence electrons. The lowest BCUT2D eigenvalue weighted by molar-refractivity contribution is 0.0859. The molecule has 3 aromatic rings. The zero-order chi connectivity index (χ0) is 18.9. The first-order chi connectivity index (χ1) is 13.8. The fraction of sp³-hybridized carbons (Fsp3) is 0.409. The molecule has 0 aliphatic heterocycles. The van der Waals surface area contributed by atoms with Gasteiger partial charge >= 0.3 is 0 Å². The van der Waals surface area contributed by atoms with Crippen molar-refractivity contribution >= 4 is 16.7 Å². The molecule has 2 heterocycles. The van der Waals surface area contributed by atoms with E-state index in [4.69, 9.17) is 9.26 Å². The summed E-state index contributed by atoms with van der Waals surface area (Å²) in [5.41, 5.74) is 0.910. The number of rotatable bonds is 5. The first kappa shape index (κ1) is 17.2. The van der Waals surface area contributed by atoms with E-state index in [1.54, 1.807) is 12.3 Å². The molecule has 1 N–H and O–H groups in total. The number of ether oxygens (including phenoxy) is 1. The van der Waals surface area contributed by atoms with Crippen molar-refractivity contribution in [1.82, 2.24) is 15.5 Å². The third kappa shape index (κ3) is 3.59. The van der Waals surface area contributed by atoms with Gasteiger partial charge in [0, 0.05) is 41.2 Å². The van der Waals surface area contributed by atoms with Crippen LogP contribution in [-0.2, 0) is 0 Å². The van der Waals surface area contributed by atoms with Gasteiger partial charge in [-0.1, -0.05) is 17.3 Å². The largest absolute Gasteiger partial charge is 0.490 e. The minimum Gasteiger partial charge on any atom is -0.490 e. The van der Waals surface area contributed by atoms with E-state index in [2.05, 4.69) is 15.5 Å². The molecule has 5 rings (SSSR count). The molecule has 2 fully saturated rings. The van der Waals surface area contributed by atoms with Crippen LogP contribution in [0.5, 0.6) is 5.75 Å². The summed E-state index contributed by atoms with van der Waals surface area (Å²) in [5.74, 6) is 1.55. The number of nitrogens with one attached hydrogen (secondary N) is 1. The predicted molar refractivity (Wildman–Crippen MR) is 104 cm³/mol. The monoisotopic (exact) mass is 377 g/mol. The topological polar surface area (TPSA) is 77.2 Å². The van der Waals surface area contributed by atoms with E-state index in [0.717, 1.165) is 60.7 Å². The van der Waals surface area contributed by atoms with Crippen molar-refractivity contribution in [3.8, 4) is 5.75 Å². The summed E-state index contributed by atoms with van der Waals surface area (Å²) in [6.45, 7) is 0. The Labute approximate surface area is 163 Å². The molecule has 1 aromatic carbocycles. The summed E-state index contributed by atoms with van der Waals surface area (Å²) in [7, 11) is 0. The Bertz CT molecular complexity index is 982. The summed E-state index contributed by atoms with van der Waals surface area (Å²) in [4.78, 5) is 16.6. The van der Waals surface area contributed by atoms with Crippen LogP contribution in [0.4, 0.5) is 0 Å². The highest BCUT2D eigenvalue weighted by molar-refractivity contribution is 5.91. The van der Waals surface area contributed by atoms with Crippen LogP contribution in [0.1, 0.15) is 60.7 Å². The van der Waals surface area contributed by atoms with Crippen molar-refractivity contribution in [2.45, 2.75) is 56.6 Å². The number of benzene rings is 1. The van der Waals surface area contributed by atoms with Gasteiger partial charge in [-0.25, -0.2) is 0 Å². The highest BCUT2D eigenvalue weighted by Gasteiger charge is 2.29. The van der Waals surface area contributed by atoms with Gasteiger partial charge in [-0.3, -0.25) is 9.78 Å². The van der Waals surface area contributed by atoms with Crippen LogP contribution in [0.25, 0.3) is 10.8 Å². The number of pyridine rings is 1. The standard InChI is InChI=1S/C22H23N3O3/c26-22(21-12-19(25-28-21)14-4-5-14)24-16-6-8-17(9-7-16)27-20-3-1-2-15-13-23-11-10-18(15)20/h1-3,10-14,16-17H,4-9H2,(H,24,26). The van der Waals surface area contributed by atoms with Crippen LogP contribution in [0.3, 0.4) is 0 Å². The van der Waals surface area contributed by atoms with E-state index < -0.39 is 0 Å². The van der Waals surface area contributed by atoms with Gasteiger partial charge in [-0.2, -0.15) is 0 Å². The molecule has 2 aromatic heterocycles. The number of carbonyl (C=O) groups excluding carboxylic acids is 1. The number of hydrogen-bond acceptors (Lipinski definition) is 5. The van der Waals surface area contributed by atoms with E-state index in [0.29, 0.717) is 11.7 Å². The maximum atomic E-state index is 12.4. The third-order valence-electron chi connectivity index (χ3n) is 5.69. The molecular weight excluding hydrogens is 354 g/mol. The second kappa shape index (κ2) is 7.26. The van der Waals surface area contributed by atoms with E-state index in [1.807, 2.05) is 30.5 Å². The van der Waals surface area contributed by atoms with Crippen molar-refractivity contribution in [3.63, 3.8) is 0 Å². The smallest absolute Gasteiger partial charge is 0.290 e. The van der Waals surface area contributed by atoms with Crippen molar-refractivity contribution < 1.29 is 14.1 Å². The normalized spacial score (nSPS) is 22.1. The van der Waals surface area contributed by atoms with Gasteiger partial charge in [0.25, 0.3) is 5.91 Å². The van der Waals surface area contributed by atoms with Crippen molar-refractivity contribution in [3.05, 3.63) is 54.2 Å². The van der Waals surface area contributed by atoms with Crippen LogP contribution in [0.2, 0.25) is 0 Å². The molecular formula is C22H23N3O3. The fourth-order valence-corrected chi connectivity index (χ4v) is 3.92. The number of aromatic nitrogens is 2. The van der Waals surface area contributed by atoms with E-state index in [9.17, 15) is 4.79 Å². The van der Waals surface area contributed by atoms with Crippen LogP contribution >= 0.6 is 0 Å². The summed E-state index contributed by atoms with van der Waals surface area (Å²) in [5, 5.41) is 9.27. The van der Waals surface area contributed by atoms with Gasteiger partial charge in [-0.05, 0) is 50.7 Å². The molecule has 1 amide bonds. The number of fused-ring (bicyclic) bond motifs is 1. The van der Waals surface area contributed by atoms with E-state index in [1.165, 1.54) is 0 Å². The Morgan fingerprint density at radius 1 is 1.11 bits per heavy atom. The summed E-state index contributed by atoms with van der Waals surface area (Å²) in [6.07, 6.45) is 9.71. The van der Waals surface area contributed by atoms with Crippen LogP contribution < -0.4 is 10.1 Å². The molecule has 6 nitrogen and oxygen atoms in total. The Morgan fingerprint density at radius 2 is 1.96 bits per heavy atom. The highest BCUT2D eigenvalue weighted by atomic mass is 16.5. The predicted octanol–water partition coefficient (Wildman–Crippen LogP) is 4.22. The lowest BCUT2D eigenvalue weighted by Crippen LogP contribution is -2.39. The number of carbonyl (C=O) groups is 1. The molecule has 0 radical (unpaired) electrons. The Kier molecular flexibility index (Phi) is 4.47. The molecule has 2 aliphatic rings. The lowest BCUT2D eigenvalue weighted by Gasteiger charge is -2.29. The zero-order valence-corrected chi connectivity index (χ0v) is 15.6.